The fourth-order valence-electron chi connectivity index (χ4n) is 1.63. The van der Waals surface area contributed by atoms with Gasteiger partial charge in [-0.2, -0.15) is 0 Å². The van der Waals surface area contributed by atoms with Gasteiger partial charge in [-0.05, 0) is 27.2 Å². The van der Waals surface area contributed by atoms with Crippen molar-refractivity contribution >= 4 is 5.91 Å². The lowest BCUT2D eigenvalue weighted by Gasteiger charge is -2.04. The van der Waals surface area contributed by atoms with Crippen LogP contribution in [0.1, 0.15) is 33.9 Å². The third kappa shape index (κ3) is 2.85. The number of ether oxygens (including phenoxy) is 1. The van der Waals surface area contributed by atoms with Crippen LogP contribution in [0.4, 0.5) is 0 Å². The van der Waals surface area contributed by atoms with Crippen LogP contribution in [0, 0.1) is 20.8 Å². The lowest BCUT2D eigenvalue weighted by atomic mass is 10.1. The number of furan rings is 1. The summed E-state index contributed by atoms with van der Waals surface area (Å²) >= 11 is 0. The van der Waals surface area contributed by atoms with Gasteiger partial charge in [0, 0.05) is 25.8 Å². The second-order valence-corrected chi connectivity index (χ2v) is 3.82. The highest BCUT2D eigenvalue weighted by atomic mass is 16.5. The molecule has 0 bridgehead atoms. The van der Waals surface area contributed by atoms with Crippen LogP contribution in [0.15, 0.2) is 4.42 Å². The molecule has 0 aliphatic heterocycles. The molecule has 4 nitrogen and oxygen atoms in total. The van der Waals surface area contributed by atoms with Crippen molar-refractivity contribution in [3.05, 3.63) is 22.6 Å². The van der Waals surface area contributed by atoms with Gasteiger partial charge in [0.1, 0.15) is 11.5 Å². The Kier molecular flexibility index (Phi) is 4.55. The van der Waals surface area contributed by atoms with Crippen molar-refractivity contribution in [2.75, 3.05) is 20.3 Å². The number of carbonyl (C=O) groups excluding carboxylic acids is 1. The molecule has 16 heavy (non-hydrogen) atoms. The maximum Gasteiger partial charge on any atom is 0.255 e. The largest absolute Gasteiger partial charge is 0.466 e. The smallest absolute Gasteiger partial charge is 0.255 e. The van der Waals surface area contributed by atoms with Crippen molar-refractivity contribution in [2.24, 2.45) is 0 Å². The highest BCUT2D eigenvalue weighted by molar-refractivity contribution is 5.96. The summed E-state index contributed by atoms with van der Waals surface area (Å²) in [6.07, 6.45) is 0.817. The first-order valence-corrected chi connectivity index (χ1v) is 5.41. The molecule has 0 saturated carbocycles. The van der Waals surface area contributed by atoms with Crippen LogP contribution < -0.4 is 5.32 Å². The van der Waals surface area contributed by atoms with Gasteiger partial charge in [-0.15, -0.1) is 0 Å². The first kappa shape index (κ1) is 12.8. The van der Waals surface area contributed by atoms with Crippen LogP contribution in [-0.4, -0.2) is 26.2 Å². The van der Waals surface area contributed by atoms with Crippen LogP contribution in [0.5, 0.6) is 0 Å². The molecule has 1 aromatic heterocycles. The highest BCUT2D eigenvalue weighted by Crippen LogP contribution is 2.20. The number of aryl methyl sites for hydroxylation is 2. The average molecular weight is 225 g/mol. The predicted octanol–water partition coefficient (Wildman–Crippen LogP) is 1.97. The quantitative estimate of drug-likeness (QED) is 0.779. The summed E-state index contributed by atoms with van der Waals surface area (Å²) in [5.41, 5.74) is 1.58. The zero-order chi connectivity index (χ0) is 12.1. The Morgan fingerprint density at radius 3 is 2.50 bits per heavy atom. The van der Waals surface area contributed by atoms with E-state index in [1.54, 1.807) is 7.11 Å². The first-order chi connectivity index (χ1) is 7.57. The standard InChI is InChI=1S/C12H19NO3/c1-8-9(2)16-10(3)11(8)12(14)13-6-5-7-15-4/h5-7H2,1-4H3,(H,13,14). The second-order valence-electron chi connectivity index (χ2n) is 3.82. The van der Waals surface area contributed by atoms with E-state index in [2.05, 4.69) is 5.32 Å². The topological polar surface area (TPSA) is 51.5 Å². The Morgan fingerprint density at radius 1 is 1.31 bits per heavy atom. The lowest BCUT2D eigenvalue weighted by Crippen LogP contribution is -2.26. The number of carbonyl (C=O) groups is 1. The van der Waals surface area contributed by atoms with Crippen LogP contribution >= 0.6 is 0 Å². The van der Waals surface area contributed by atoms with E-state index in [0.29, 0.717) is 24.5 Å². The molecule has 90 valence electrons. The average Bonchev–Trinajstić information content (AvgIpc) is 2.48. The van der Waals surface area contributed by atoms with E-state index in [1.807, 2.05) is 20.8 Å². The van der Waals surface area contributed by atoms with Gasteiger partial charge < -0.3 is 14.5 Å². The fraction of sp³-hybridized carbons (Fsp3) is 0.583. The SMILES string of the molecule is COCCCNC(=O)c1c(C)oc(C)c1C. The summed E-state index contributed by atoms with van der Waals surface area (Å²) in [5.74, 6) is 1.42. The Balaban J connectivity index is 2.59. The van der Waals surface area contributed by atoms with Crippen molar-refractivity contribution in [2.45, 2.75) is 27.2 Å². The van der Waals surface area contributed by atoms with Crippen molar-refractivity contribution < 1.29 is 13.9 Å². The first-order valence-electron chi connectivity index (χ1n) is 5.41. The molecule has 0 spiro atoms. The Morgan fingerprint density at radius 2 is 2.00 bits per heavy atom. The van der Waals surface area contributed by atoms with Gasteiger partial charge >= 0.3 is 0 Å². The Bertz CT molecular complexity index is 369. The van der Waals surface area contributed by atoms with Gasteiger partial charge in [0.05, 0.1) is 5.56 Å². The molecule has 1 N–H and O–H groups in total. The maximum atomic E-state index is 11.9. The molecule has 0 aromatic carbocycles. The van der Waals surface area contributed by atoms with Crippen LogP contribution in [-0.2, 0) is 4.74 Å². The van der Waals surface area contributed by atoms with Gasteiger partial charge in [-0.1, -0.05) is 0 Å². The Labute approximate surface area is 96.0 Å². The van der Waals surface area contributed by atoms with E-state index in [0.717, 1.165) is 17.7 Å². The number of methoxy groups -OCH3 is 1. The molecule has 0 atom stereocenters. The molecule has 1 rings (SSSR count). The molecule has 0 radical (unpaired) electrons. The third-order valence-corrected chi connectivity index (χ3v) is 2.60. The van der Waals surface area contributed by atoms with Crippen molar-refractivity contribution in [3.8, 4) is 0 Å². The molecule has 4 heteroatoms. The molecular weight excluding hydrogens is 206 g/mol. The summed E-state index contributed by atoms with van der Waals surface area (Å²) in [5, 5.41) is 2.85. The van der Waals surface area contributed by atoms with E-state index in [4.69, 9.17) is 9.15 Å². The van der Waals surface area contributed by atoms with Crippen LogP contribution in [0.3, 0.4) is 0 Å². The third-order valence-electron chi connectivity index (χ3n) is 2.60. The summed E-state index contributed by atoms with van der Waals surface area (Å²) < 4.78 is 10.3. The van der Waals surface area contributed by atoms with Crippen molar-refractivity contribution in [1.82, 2.24) is 5.32 Å². The van der Waals surface area contributed by atoms with E-state index >= 15 is 0 Å². The van der Waals surface area contributed by atoms with Crippen molar-refractivity contribution in [1.29, 1.82) is 0 Å². The molecule has 1 heterocycles. The van der Waals surface area contributed by atoms with E-state index < -0.39 is 0 Å². The van der Waals surface area contributed by atoms with Gasteiger partial charge in [0.25, 0.3) is 5.91 Å². The molecular formula is C12H19NO3. The number of nitrogens with one attached hydrogen (secondary N) is 1. The summed E-state index contributed by atoms with van der Waals surface area (Å²) in [7, 11) is 1.65. The summed E-state index contributed by atoms with van der Waals surface area (Å²) in [6.45, 7) is 6.85. The van der Waals surface area contributed by atoms with E-state index in [-0.39, 0.29) is 5.91 Å². The minimum atomic E-state index is -0.0667. The van der Waals surface area contributed by atoms with Gasteiger partial charge in [-0.3, -0.25) is 4.79 Å². The molecule has 0 saturated heterocycles. The van der Waals surface area contributed by atoms with Crippen LogP contribution in [0.2, 0.25) is 0 Å². The normalized spacial score (nSPS) is 10.5. The predicted molar refractivity (Wildman–Crippen MR) is 61.7 cm³/mol. The number of hydrogen-bond donors (Lipinski definition) is 1. The van der Waals surface area contributed by atoms with Crippen LogP contribution in [0.25, 0.3) is 0 Å². The molecule has 0 unspecified atom stereocenters. The molecule has 1 aromatic rings. The van der Waals surface area contributed by atoms with E-state index in [9.17, 15) is 4.79 Å². The number of amides is 1. The summed E-state index contributed by atoms with van der Waals surface area (Å²) in [4.78, 5) is 11.9. The monoisotopic (exact) mass is 225 g/mol. The minimum Gasteiger partial charge on any atom is -0.466 e. The van der Waals surface area contributed by atoms with Gasteiger partial charge in [0.15, 0.2) is 0 Å². The number of rotatable bonds is 5. The zero-order valence-corrected chi connectivity index (χ0v) is 10.3. The molecule has 0 aliphatic rings. The minimum absolute atomic E-state index is 0.0667. The zero-order valence-electron chi connectivity index (χ0n) is 10.3. The molecule has 0 fully saturated rings. The van der Waals surface area contributed by atoms with Gasteiger partial charge in [-0.25, -0.2) is 0 Å². The van der Waals surface area contributed by atoms with Gasteiger partial charge in [0.2, 0.25) is 0 Å². The highest BCUT2D eigenvalue weighted by Gasteiger charge is 2.17. The summed E-state index contributed by atoms with van der Waals surface area (Å²) in [6, 6.07) is 0. The number of hydrogen-bond acceptors (Lipinski definition) is 3. The van der Waals surface area contributed by atoms with Crippen molar-refractivity contribution in [3.63, 3.8) is 0 Å². The van der Waals surface area contributed by atoms with E-state index in [1.165, 1.54) is 0 Å². The molecule has 1 amide bonds. The fourth-order valence-corrected chi connectivity index (χ4v) is 1.63. The Hall–Kier alpha value is -1.29. The second kappa shape index (κ2) is 5.70. The maximum absolute atomic E-state index is 11.9. The molecule has 0 aliphatic carbocycles. The lowest BCUT2D eigenvalue weighted by molar-refractivity contribution is 0.0946.